The van der Waals surface area contributed by atoms with Crippen LogP contribution in [0.5, 0.6) is 5.75 Å². The molecule has 1 amide bonds. The molecular weight excluding hydrogens is 450 g/mol. The van der Waals surface area contributed by atoms with Crippen molar-refractivity contribution < 1.29 is 19.1 Å². The van der Waals surface area contributed by atoms with Crippen molar-refractivity contribution in [3.8, 4) is 5.75 Å². The van der Waals surface area contributed by atoms with Gasteiger partial charge in [-0.15, -0.1) is 0 Å². The maximum Gasteiger partial charge on any atom is 0.338 e. The second-order valence-electron chi connectivity index (χ2n) is 7.98. The summed E-state index contributed by atoms with van der Waals surface area (Å²) >= 11 is 1.44. The number of hydrogen-bond donors (Lipinski definition) is 1. The van der Waals surface area contributed by atoms with Crippen LogP contribution in [0.15, 0.2) is 75.9 Å². The summed E-state index contributed by atoms with van der Waals surface area (Å²) in [7, 11) is 1.60. The molecule has 2 aliphatic rings. The maximum absolute atomic E-state index is 13.0. The largest absolute Gasteiger partial charge is 0.497 e. The molecule has 0 bridgehead atoms. The van der Waals surface area contributed by atoms with E-state index in [1.807, 2.05) is 72.7 Å². The number of fused-ring (bicyclic) bond motifs is 1. The van der Waals surface area contributed by atoms with E-state index in [1.165, 1.54) is 11.8 Å². The van der Waals surface area contributed by atoms with Crippen LogP contribution in [0.3, 0.4) is 0 Å². The molecule has 1 N–H and O–H groups in total. The van der Waals surface area contributed by atoms with Crippen LogP contribution in [0.4, 0.5) is 5.69 Å². The van der Waals surface area contributed by atoms with Crippen molar-refractivity contribution >= 4 is 34.5 Å². The third-order valence-corrected chi connectivity index (χ3v) is 6.47. The van der Waals surface area contributed by atoms with E-state index in [2.05, 4.69) is 10.3 Å². The number of aryl methyl sites for hydroxylation is 1. The predicted molar refractivity (Wildman–Crippen MR) is 134 cm³/mol. The van der Waals surface area contributed by atoms with Crippen molar-refractivity contribution in [2.45, 2.75) is 33.2 Å². The Balaban J connectivity index is 1.67. The lowest BCUT2D eigenvalue weighted by molar-refractivity contribution is -0.139. The number of esters is 1. The van der Waals surface area contributed by atoms with Gasteiger partial charge in [0, 0.05) is 11.4 Å². The molecule has 0 aliphatic carbocycles. The fourth-order valence-corrected chi connectivity index (χ4v) is 4.94. The second kappa shape index (κ2) is 10.2. The number of benzene rings is 2. The van der Waals surface area contributed by atoms with Gasteiger partial charge in [0.15, 0.2) is 5.17 Å². The average molecular weight is 478 g/mol. The van der Waals surface area contributed by atoms with Crippen molar-refractivity contribution in [1.82, 2.24) is 4.90 Å². The number of allylic oxidation sites excluding steroid dienone is 1. The van der Waals surface area contributed by atoms with Gasteiger partial charge in [-0.25, -0.2) is 9.79 Å². The number of amides is 1. The zero-order chi connectivity index (χ0) is 24.2. The molecule has 0 aromatic heterocycles. The Bertz CT molecular complexity index is 1200. The monoisotopic (exact) mass is 477 g/mol. The molecule has 176 valence electrons. The Morgan fingerprint density at radius 1 is 1.15 bits per heavy atom. The van der Waals surface area contributed by atoms with Crippen LogP contribution >= 0.6 is 11.8 Å². The van der Waals surface area contributed by atoms with Crippen molar-refractivity contribution in [3.05, 3.63) is 82.0 Å². The van der Waals surface area contributed by atoms with Gasteiger partial charge in [-0.05, 0) is 56.0 Å². The van der Waals surface area contributed by atoms with Gasteiger partial charge >= 0.3 is 5.97 Å². The molecule has 0 radical (unpaired) electrons. The number of methoxy groups -OCH3 is 1. The normalized spacial score (nSPS) is 17.1. The third-order valence-electron chi connectivity index (χ3n) is 5.58. The standard InChI is InChI=1S/C26H27N3O4S/c1-5-33-25(31)23-17(3)27-26-29(24(23)18-7-6-8-21(13-18)32-4)20(15-34-26)14-22(30)28-19-11-9-16(2)10-12-19/h6-13,15,24H,5,14H2,1-4H3,(H,28,30)/t24-/m1/s1. The molecule has 0 spiro atoms. The quantitative estimate of drug-likeness (QED) is 0.554. The molecule has 0 saturated carbocycles. The molecule has 8 heteroatoms. The fourth-order valence-electron chi connectivity index (χ4n) is 3.97. The number of carbonyl (C=O) groups is 2. The number of aliphatic imine (C=N–C) groups is 1. The second-order valence-corrected chi connectivity index (χ2v) is 8.82. The van der Waals surface area contributed by atoms with Crippen LogP contribution in [0.25, 0.3) is 0 Å². The number of thioether (sulfide) groups is 1. The molecule has 2 aliphatic heterocycles. The van der Waals surface area contributed by atoms with Crippen LogP contribution in [-0.2, 0) is 14.3 Å². The summed E-state index contributed by atoms with van der Waals surface area (Å²) in [4.78, 5) is 32.5. The molecule has 1 atom stereocenters. The first-order chi connectivity index (χ1) is 16.4. The van der Waals surface area contributed by atoms with Crippen LogP contribution in [0.1, 0.15) is 37.4 Å². The zero-order valence-corrected chi connectivity index (χ0v) is 20.4. The first-order valence-corrected chi connectivity index (χ1v) is 11.9. The molecule has 4 rings (SSSR count). The molecule has 2 heterocycles. The first kappa shape index (κ1) is 23.6. The van der Waals surface area contributed by atoms with Gasteiger partial charge in [-0.3, -0.25) is 4.79 Å². The molecule has 0 unspecified atom stereocenters. The predicted octanol–water partition coefficient (Wildman–Crippen LogP) is 5.17. The smallest absolute Gasteiger partial charge is 0.338 e. The molecule has 2 aromatic carbocycles. The van der Waals surface area contributed by atoms with Crippen LogP contribution < -0.4 is 10.1 Å². The summed E-state index contributed by atoms with van der Waals surface area (Å²) in [6, 6.07) is 14.7. The van der Waals surface area contributed by atoms with Crippen LogP contribution in [0, 0.1) is 6.92 Å². The van der Waals surface area contributed by atoms with E-state index in [9.17, 15) is 9.59 Å². The number of hydrogen-bond acceptors (Lipinski definition) is 7. The number of anilines is 1. The van der Waals surface area contributed by atoms with Gasteiger partial charge < -0.3 is 19.7 Å². The minimum Gasteiger partial charge on any atom is -0.497 e. The number of nitrogens with one attached hydrogen (secondary N) is 1. The highest BCUT2D eigenvalue weighted by molar-refractivity contribution is 8.16. The SMILES string of the molecule is CCOC(=O)C1=C(C)N=C2SC=C(CC(=O)Nc3ccc(C)cc3)N2[C@@H]1c1cccc(OC)c1. The molecule has 7 nitrogen and oxygen atoms in total. The number of rotatable bonds is 7. The Labute approximate surface area is 203 Å². The number of nitrogens with zero attached hydrogens (tertiary/aromatic N) is 2. The summed E-state index contributed by atoms with van der Waals surface area (Å²) in [6.45, 7) is 5.84. The van der Waals surface area contributed by atoms with Gasteiger partial charge in [-0.1, -0.05) is 41.6 Å². The van der Waals surface area contributed by atoms with Gasteiger partial charge in [0.2, 0.25) is 5.91 Å². The third kappa shape index (κ3) is 4.87. The lowest BCUT2D eigenvalue weighted by Gasteiger charge is -2.36. The maximum atomic E-state index is 13.0. The van der Waals surface area contributed by atoms with Crippen molar-refractivity contribution in [3.63, 3.8) is 0 Å². The summed E-state index contributed by atoms with van der Waals surface area (Å²) in [5.74, 6) is 0.109. The molecule has 2 aromatic rings. The van der Waals surface area contributed by atoms with Gasteiger partial charge in [0.25, 0.3) is 0 Å². The Morgan fingerprint density at radius 3 is 2.62 bits per heavy atom. The summed E-state index contributed by atoms with van der Waals surface area (Å²) < 4.78 is 10.8. The van der Waals surface area contributed by atoms with E-state index in [1.54, 1.807) is 14.0 Å². The topological polar surface area (TPSA) is 80.2 Å². The molecule has 0 saturated heterocycles. The Hall–Kier alpha value is -3.52. The number of carbonyl (C=O) groups excluding carboxylic acids is 2. The van der Waals surface area contributed by atoms with Crippen molar-refractivity contribution in [2.24, 2.45) is 4.99 Å². The van der Waals surface area contributed by atoms with Crippen molar-refractivity contribution in [1.29, 1.82) is 0 Å². The highest BCUT2D eigenvalue weighted by Gasteiger charge is 2.41. The molecular formula is C26H27N3O4S. The minimum absolute atomic E-state index is 0.134. The van der Waals surface area contributed by atoms with E-state index >= 15 is 0 Å². The van der Waals surface area contributed by atoms with E-state index in [0.717, 1.165) is 27.7 Å². The van der Waals surface area contributed by atoms with E-state index in [-0.39, 0.29) is 18.9 Å². The average Bonchev–Trinajstić information content (AvgIpc) is 3.21. The van der Waals surface area contributed by atoms with Gasteiger partial charge in [-0.2, -0.15) is 0 Å². The molecule has 34 heavy (non-hydrogen) atoms. The molecule has 0 fully saturated rings. The highest BCUT2D eigenvalue weighted by atomic mass is 32.2. The zero-order valence-electron chi connectivity index (χ0n) is 19.6. The van der Waals surface area contributed by atoms with Gasteiger partial charge in [0.1, 0.15) is 5.75 Å². The van der Waals surface area contributed by atoms with E-state index in [0.29, 0.717) is 17.0 Å². The van der Waals surface area contributed by atoms with E-state index < -0.39 is 12.0 Å². The summed E-state index contributed by atoms with van der Waals surface area (Å²) in [5, 5.41) is 5.59. The van der Waals surface area contributed by atoms with E-state index in [4.69, 9.17) is 9.47 Å². The lowest BCUT2D eigenvalue weighted by Crippen LogP contribution is -2.37. The van der Waals surface area contributed by atoms with Crippen LogP contribution in [0.2, 0.25) is 0 Å². The summed E-state index contributed by atoms with van der Waals surface area (Å²) in [6.07, 6.45) is 0.134. The Morgan fingerprint density at radius 2 is 1.91 bits per heavy atom. The number of amidine groups is 1. The fraction of sp³-hybridized carbons (Fsp3) is 0.269. The Kier molecular flexibility index (Phi) is 7.07. The van der Waals surface area contributed by atoms with Gasteiger partial charge in [0.05, 0.1) is 37.4 Å². The minimum atomic E-state index is -0.491. The lowest BCUT2D eigenvalue weighted by atomic mass is 9.93. The first-order valence-electron chi connectivity index (χ1n) is 11.0. The number of ether oxygens (including phenoxy) is 2. The van der Waals surface area contributed by atoms with Crippen molar-refractivity contribution in [2.75, 3.05) is 19.0 Å². The summed E-state index contributed by atoms with van der Waals surface area (Å²) in [5.41, 5.74) is 4.52. The van der Waals surface area contributed by atoms with Crippen LogP contribution in [-0.4, -0.2) is 35.7 Å². The highest BCUT2D eigenvalue weighted by Crippen LogP contribution is 2.45.